The molecule has 2 N–H and O–H groups in total. The highest BCUT2D eigenvalue weighted by molar-refractivity contribution is 6.03. The van der Waals surface area contributed by atoms with Crippen LogP contribution in [0.3, 0.4) is 0 Å². The number of carbonyl (C=O) groups excluding carboxylic acids is 2. The van der Waals surface area contributed by atoms with Gasteiger partial charge in [0.25, 0.3) is 11.2 Å². The van der Waals surface area contributed by atoms with Crippen LogP contribution in [-0.2, 0) is 18.8 Å². The Bertz CT molecular complexity index is 1160. The molecule has 0 saturated heterocycles. The van der Waals surface area contributed by atoms with Gasteiger partial charge in [-0.2, -0.15) is 0 Å². The van der Waals surface area contributed by atoms with Gasteiger partial charge in [0.1, 0.15) is 16.9 Å². The molecule has 0 atom stereocenters. The van der Waals surface area contributed by atoms with Crippen LogP contribution in [0.15, 0.2) is 21.7 Å². The van der Waals surface area contributed by atoms with Gasteiger partial charge in [-0.15, -0.1) is 0 Å². The minimum Gasteiger partial charge on any atom is -0.493 e. The van der Waals surface area contributed by atoms with E-state index >= 15 is 0 Å². The summed E-state index contributed by atoms with van der Waals surface area (Å²) in [5.41, 5.74) is 2.29. The number of ether oxygens (including phenoxy) is 3. The fourth-order valence-corrected chi connectivity index (χ4v) is 2.59. The second-order valence-electron chi connectivity index (χ2n) is 5.95. The average molecular weight is 422 g/mol. The van der Waals surface area contributed by atoms with E-state index in [1.54, 1.807) is 0 Å². The van der Waals surface area contributed by atoms with Gasteiger partial charge < -0.3 is 19.9 Å². The van der Waals surface area contributed by atoms with Gasteiger partial charge in [0.15, 0.2) is 18.1 Å². The Hall–Kier alpha value is -4.16. The molecule has 30 heavy (non-hydrogen) atoms. The number of rotatable bonds is 7. The summed E-state index contributed by atoms with van der Waals surface area (Å²) in [5.74, 6) is -2.56. The van der Waals surface area contributed by atoms with Crippen molar-refractivity contribution in [2.75, 3.05) is 26.6 Å². The molecule has 1 aromatic heterocycles. The van der Waals surface area contributed by atoms with Gasteiger partial charge in [-0.05, 0) is 0 Å². The molecular formula is C17H18N4O9. The van der Waals surface area contributed by atoms with E-state index in [2.05, 4.69) is 0 Å². The highest BCUT2D eigenvalue weighted by atomic mass is 16.6. The summed E-state index contributed by atoms with van der Waals surface area (Å²) in [6, 6.07) is 2.00. The SMILES string of the molecule is COc1cc(C(=O)OCC(=O)c2c(N)n(C)c(=O)n(C)c2=O)c([N+](=O)[O-])cc1OC. The molecule has 0 saturated carbocycles. The number of benzene rings is 1. The van der Waals surface area contributed by atoms with Crippen molar-refractivity contribution < 1.29 is 28.7 Å². The van der Waals surface area contributed by atoms with Crippen molar-refractivity contribution in [1.82, 2.24) is 9.13 Å². The number of nitro benzene ring substituents is 1. The number of aromatic nitrogens is 2. The van der Waals surface area contributed by atoms with Crippen LogP contribution in [0, 0.1) is 10.1 Å². The Balaban J connectivity index is 2.37. The summed E-state index contributed by atoms with van der Waals surface area (Å²) in [7, 11) is 4.93. The van der Waals surface area contributed by atoms with E-state index in [1.165, 1.54) is 21.3 Å². The smallest absolute Gasteiger partial charge is 0.345 e. The maximum Gasteiger partial charge on any atom is 0.345 e. The zero-order valence-corrected chi connectivity index (χ0v) is 16.5. The summed E-state index contributed by atoms with van der Waals surface area (Å²) in [6.07, 6.45) is 0. The van der Waals surface area contributed by atoms with E-state index < -0.39 is 57.2 Å². The highest BCUT2D eigenvalue weighted by Gasteiger charge is 2.27. The molecule has 0 spiro atoms. The molecule has 1 heterocycles. The van der Waals surface area contributed by atoms with Gasteiger partial charge in [-0.3, -0.25) is 28.8 Å². The number of carbonyl (C=O) groups is 2. The van der Waals surface area contributed by atoms with E-state index in [0.717, 1.165) is 23.7 Å². The van der Waals surface area contributed by atoms with Crippen molar-refractivity contribution in [3.8, 4) is 11.5 Å². The number of esters is 1. The normalized spacial score (nSPS) is 10.4. The molecule has 2 rings (SSSR count). The van der Waals surface area contributed by atoms with E-state index in [4.69, 9.17) is 19.9 Å². The molecule has 0 aliphatic carbocycles. The molecule has 13 heteroatoms. The summed E-state index contributed by atoms with van der Waals surface area (Å²) >= 11 is 0. The van der Waals surface area contributed by atoms with E-state index in [9.17, 15) is 29.3 Å². The number of Topliss-reactive ketones (excluding diaryl/α,β-unsaturated/α-hetero) is 1. The fourth-order valence-electron chi connectivity index (χ4n) is 2.59. The number of hydrogen-bond acceptors (Lipinski definition) is 10. The molecule has 0 aliphatic heterocycles. The third-order valence-corrected chi connectivity index (χ3v) is 4.24. The number of hydrogen-bond donors (Lipinski definition) is 1. The van der Waals surface area contributed by atoms with Crippen molar-refractivity contribution in [3.05, 3.63) is 54.2 Å². The lowest BCUT2D eigenvalue weighted by Gasteiger charge is -2.12. The molecule has 1 aromatic carbocycles. The van der Waals surface area contributed by atoms with Gasteiger partial charge in [0.05, 0.1) is 25.2 Å². The first kappa shape index (κ1) is 22.1. The summed E-state index contributed by atoms with van der Waals surface area (Å²) in [4.78, 5) is 59.3. The second-order valence-corrected chi connectivity index (χ2v) is 5.95. The van der Waals surface area contributed by atoms with Crippen LogP contribution in [0.25, 0.3) is 0 Å². The molecular weight excluding hydrogens is 404 g/mol. The van der Waals surface area contributed by atoms with Gasteiger partial charge in [0.2, 0.25) is 5.78 Å². The molecule has 13 nitrogen and oxygen atoms in total. The van der Waals surface area contributed by atoms with Crippen LogP contribution in [0.4, 0.5) is 11.5 Å². The van der Waals surface area contributed by atoms with Crippen LogP contribution >= 0.6 is 0 Å². The quantitative estimate of drug-likeness (QED) is 0.268. The first-order chi connectivity index (χ1) is 14.0. The number of ketones is 1. The lowest BCUT2D eigenvalue weighted by Crippen LogP contribution is -2.42. The Labute approximate surface area is 168 Å². The van der Waals surface area contributed by atoms with Crippen molar-refractivity contribution >= 4 is 23.3 Å². The van der Waals surface area contributed by atoms with E-state index in [-0.39, 0.29) is 11.5 Å². The number of nitrogens with zero attached hydrogens (tertiary/aromatic N) is 3. The van der Waals surface area contributed by atoms with Crippen LogP contribution in [0.2, 0.25) is 0 Å². The Kier molecular flexibility index (Phi) is 6.24. The van der Waals surface area contributed by atoms with Crippen LogP contribution in [0.5, 0.6) is 11.5 Å². The minimum atomic E-state index is -1.21. The predicted molar refractivity (Wildman–Crippen MR) is 102 cm³/mol. The number of nitrogens with two attached hydrogens (primary N) is 1. The Morgan fingerprint density at radius 3 is 2.20 bits per heavy atom. The molecule has 160 valence electrons. The molecule has 0 aliphatic rings. The standard InChI is InChI=1S/C17H18N4O9/c1-19-14(18)13(15(23)20(2)17(19)25)10(22)7-30-16(24)8-5-11(28-3)12(29-4)6-9(8)21(26)27/h5-6H,7,18H2,1-4H3. The van der Waals surface area contributed by atoms with Crippen molar-refractivity contribution in [1.29, 1.82) is 0 Å². The molecule has 2 aromatic rings. The molecule has 0 amide bonds. The lowest BCUT2D eigenvalue weighted by atomic mass is 10.1. The second kappa shape index (κ2) is 8.46. The maximum absolute atomic E-state index is 12.4. The number of methoxy groups -OCH3 is 2. The lowest BCUT2D eigenvalue weighted by molar-refractivity contribution is -0.385. The molecule has 0 fully saturated rings. The predicted octanol–water partition coefficient (Wildman–Crippen LogP) is -0.369. The number of nitrogen functional groups attached to an aromatic ring is 1. The van der Waals surface area contributed by atoms with Crippen molar-refractivity contribution in [2.45, 2.75) is 0 Å². The van der Waals surface area contributed by atoms with E-state index in [0.29, 0.717) is 4.57 Å². The fraction of sp³-hybridized carbons (Fsp3) is 0.294. The average Bonchev–Trinajstić information content (AvgIpc) is 2.73. The molecule has 0 unspecified atom stereocenters. The van der Waals surface area contributed by atoms with Crippen molar-refractivity contribution in [3.63, 3.8) is 0 Å². The van der Waals surface area contributed by atoms with Crippen LogP contribution < -0.4 is 26.5 Å². The van der Waals surface area contributed by atoms with E-state index in [1.807, 2.05) is 0 Å². The van der Waals surface area contributed by atoms with Crippen molar-refractivity contribution in [2.24, 2.45) is 14.1 Å². The van der Waals surface area contributed by atoms with Gasteiger partial charge in [-0.25, -0.2) is 9.59 Å². The maximum atomic E-state index is 12.4. The first-order valence-corrected chi connectivity index (χ1v) is 8.21. The zero-order chi connectivity index (χ0) is 22.7. The molecule has 0 bridgehead atoms. The third-order valence-electron chi connectivity index (χ3n) is 4.24. The van der Waals surface area contributed by atoms with Gasteiger partial charge in [0, 0.05) is 20.2 Å². The Morgan fingerprint density at radius 2 is 1.67 bits per heavy atom. The number of anilines is 1. The van der Waals surface area contributed by atoms with Crippen LogP contribution in [0.1, 0.15) is 20.7 Å². The topological polar surface area (TPSA) is 175 Å². The van der Waals surface area contributed by atoms with Gasteiger partial charge >= 0.3 is 11.7 Å². The zero-order valence-electron chi connectivity index (χ0n) is 16.5. The summed E-state index contributed by atoms with van der Waals surface area (Å²) < 4.78 is 16.4. The van der Waals surface area contributed by atoms with Gasteiger partial charge in [-0.1, -0.05) is 0 Å². The monoisotopic (exact) mass is 422 g/mol. The summed E-state index contributed by atoms with van der Waals surface area (Å²) in [5, 5.41) is 11.3. The first-order valence-electron chi connectivity index (χ1n) is 8.21. The highest BCUT2D eigenvalue weighted by Crippen LogP contribution is 2.34. The number of nitro groups is 1. The molecule has 0 radical (unpaired) electrons. The minimum absolute atomic E-state index is 0.0123. The van der Waals surface area contributed by atoms with Crippen LogP contribution in [-0.4, -0.2) is 46.6 Å². The Morgan fingerprint density at radius 1 is 1.10 bits per heavy atom. The third kappa shape index (κ3) is 3.85. The summed E-state index contributed by atoms with van der Waals surface area (Å²) in [6.45, 7) is -0.942. The largest absolute Gasteiger partial charge is 0.493 e.